The number of aromatic hydroxyl groups is 3. The van der Waals surface area contributed by atoms with E-state index in [9.17, 15) is 20.1 Å². The fourth-order valence-electron chi connectivity index (χ4n) is 10.1. The summed E-state index contributed by atoms with van der Waals surface area (Å²) in [4.78, 5) is 19.2. The number of ether oxygens (including phenoxy) is 3. The second-order valence-electron chi connectivity index (χ2n) is 20.8. The van der Waals surface area contributed by atoms with Crippen LogP contribution in [-0.4, -0.2) is 84.4 Å². The van der Waals surface area contributed by atoms with Crippen molar-refractivity contribution in [1.29, 1.82) is 0 Å². The number of hydrogen-bond donors (Lipinski definition) is 3. The van der Waals surface area contributed by atoms with Crippen molar-refractivity contribution in [2.75, 3.05) is 53.5 Å². The highest BCUT2D eigenvalue weighted by Gasteiger charge is 2.23. The third-order valence-electron chi connectivity index (χ3n) is 14.5. The summed E-state index contributed by atoms with van der Waals surface area (Å²) in [6.45, 7) is 11.8. The molecule has 9 aromatic rings. The Labute approximate surface area is 481 Å². The van der Waals surface area contributed by atoms with Crippen molar-refractivity contribution < 1.29 is 34.3 Å². The number of fused-ring (bicyclic) bond motifs is 2. The number of rotatable bonds is 16. The van der Waals surface area contributed by atoms with Crippen molar-refractivity contribution >= 4 is 43.9 Å². The van der Waals surface area contributed by atoms with Gasteiger partial charge in [0.1, 0.15) is 47.7 Å². The first kappa shape index (κ1) is 57.3. The zero-order valence-corrected chi connectivity index (χ0v) is 47.8. The number of allylic oxidation sites excluding steroid dienone is 2. The lowest BCUT2D eigenvalue weighted by Crippen LogP contribution is -2.33. The van der Waals surface area contributed by atoms with Crippen molar-refractivity contribution in [3.8, 4) is 44.9 Å². The Morgan fingerprint density at radius 2 is 1.20 bits per heavy atom. The molecule has 3 N–H and O–H groups in total. The molecule has 2 aliphatic heterocycles. The van der Waals surface area contributed by atoms with Gasteiger partial charge in [0.25, 0.3) is 0 Å². The van der Waals surface area contributed by atoms with Gasteiger partial charge in [-0.1, -0.05) is 146 Å². The number of aryl methyl sites for hydroxylation is 2. The van der Waals surface area contributed by atoms with Crippen LogP contribution in [0.2, 0.25) is 0 Å². The van der Waals surface area contributed by atoms with E-state index in [2.05, 4.69) is 147 Å². The Hall–Kier alpha value is -8.41. The molecule has 3 heterocycles. The number of ketones is 1. The van der Waals surface area contributed by atoms with E-state index < -0.39 is 0 Å². The largest absolute Gasteiger partial charge is 0.508 e. The van der Waals surface area contributed by atoms with Gasteiger partial charge in [-0.05, 0) is 159 Å². The topological polar surface area (TPSA) is 112 Å². The number of thiophene rings is 1. The van der Waals surface area contributed by atoms with Crippen LogP contribution in [0.3, 0.4) is 0 Å². The van der Waals surface area contributed by atoms with E-state index in [0.29, 0.717) is 42.1 Å². The molecular weight excluding hydrogens is 1020 g/mol. The van der Waals surface area contributed by atoms with Crippen molar-refractivity contribution in [2.45, 2.75) is 52.9 Å². The second-order valence-corrected chi connectivity index (χ2v) is 21.9. The van der Waals surface area contributed by atoms with E-state index in [1.54, 1.807) is 18.4 Å². The number of carbonyl (C=O) groups excluding carboxylic acids is 1. The number of benzene rings is 8. The van der Waals surface area contributed by atoms with E-state index in [4.69, 9.17) is 14.2 Å². The summed E-state index contributed by atoms with van der Waals surface area (Å²) in [7, 11) is 4.11. The van der Waals surface area contributed by atoms with Crippen LogP contribution >= 0.6 is 11.3 Å². The highest BCUT2D eigenvalue weighted by molar-refractivity contribution is 7.22. The third kappa shape index (κ3) is 15.1. The zero-order chi connectivity index (χ0) is 56.7. The Morgan fingerprint density at radius 1 is 0.617 bits per heavy atom. The number of nitrogens with zero attached hydrogens (tertiary/aromatic N) is 2. The normalized spacial score (nSPS) is 13.3. The number of likely N-dealkylation sites (tertiary alicyclic amines) is 1. The maximum Gasteiger partial charge on any atom is 0.195 e. The van der Waals surface area contributed by atoms with E-state index >= 15 is 0 Å². The maximum atomic E-state index is 13.7. The van der Waals surface area contributed by atoms with Crippen LogP contribution in [0.5, 0.6) is 34.5 Å². The molecule has 10 heteroatoms. The average Bonchev–Trinajstić information content (AvgIpc) is 3.87. The van der Waals surface area contributed by atoms with Gasteiger partial charge in [0.05, 0.1) is 6.26 Å². The van der Waals surface area contributed by atoms with Gasteiger partial charge in [-0.25, -0.2) is 0 Å². The first-order chi connectivity index (χ1) is 39.4. The smallest absolute Gasteiger partial charge is 0.195 e. The van der Waals surface area contributed by atoms with Gasteiger partial charge in [-0.2, -0.15) is 0 Å². The summed E-state index contributed by atoms with van der Waals surface area (Å²) in [5.41, 5.74) is 13.8. The minimum absolute atomic E-state index is 0.00318. The molecule has 1 saturated heterocycles. The summed E-state index contributed by atoms with van der Waals surface area (Å²) in [5.74, 6) is 2.45. The van der Waals surface area contributed by atoms with Gasteiger partial charge in [0.15, 0.2) is 5.78 Å². The predicted octanol–water partition coefficient (Wildman–Crippen LogP) is 16.1. The SMILES string of the molecule is CC/C(=C(\c1ccccc1)c1ccc(OCCN(C)C)cc1)c1ccccc1.Cc1ccc(-c2sc3cc(O)ccc3c2C(=O)c2ccc(OCCN3CCCCC3)cc2)cc1.Cc1ccc(C2=COc3cc(O)cc(O)c3C2)cc1. The van der Waals surface area contributed by atoms with Crippen molar-refractivity contribution in [3.63, 3.8) is 0 Å². The molecule has 0 amide bonds. The van der Waals surface area contributed by atoms with E-state index in [-0.39, 0.29) is 23.0 Å². The minimum atomic E-state index is -0.0209. The fourth-order valence-corrected chi connectivity index (χ4v) is 11.3. The highest BCUT2D eigenvalue weighted by atomic mass is 32.1. The first-order valence-electron chi connectivity index (χ1n) is 27.9. The molecule has 0 atom stereocenters. The molecule has 81 heavy (non-hydrogen) atoms. The molecule has 8 aromatic carbocycles. The Bertz CT molecular complexity index is 3570. The molecule has 0 unspecified atom stereocenters. The van der Waals surface area contributed by atoms with Crippen molar-refractivity contribution in [1.82, 2.24) is 9.80 Å². The van der Waals surface area contributed by atoms with Crippen LogP contribution in [0.25, 0.3) is 37.2 Å². The lowest BCUT2D eigenvalue weighted by molar-refractivity contribution is 0.104. The van der Waals surface area contributed by atoms with Gasteiger partial charge in [-0.3, -0.25) is 9.69 Å². The zero-order valence-electron chi connectivity index (χ0n) is 47.0. The summed E-state index contributed by atoms with van der Waals surface area (Å²) in [6, 6.07) is 61.7. The Kier molecular flexibility index (Phi) is 19.6. The molecule has 0 saturated carbocycles. The number of hydrogen-bond acceptors (Lipinski definition) is 10. The second kappa shape index (κ2) is 27.6. The maximum absolute atomic E-state index is 13.7. The molecule has 0 spiro atoms. The average molecular weight is 1100 g/mol. The van der Waals surface area contributed by atoms with E-state index in [1.165, 1.54) is 81.7 Å². The predicted molar refractivity (Wildman–Crippen MR) is 332 cm³/mol. The molecule has 0 bridgehead atoms. The van der Waals surface area contributed by atoms with Crippen LogP contribution in [0, 0.1) is 13.8 Å². The molecule has 1 aromatic heterocycles. The molecule has 1 fully saturated rings. The number of phenolic OH excluding ortho intramolecular Hbond substituents is 3. The number of piperidine rings is 1. The Morgan fingerprint density at radius 3 is 1.81 bits per heavy atom. The molecule has 9 nitrogen and oxygen atoms in total. The highest BCUT2D eigenvalue weighted by Crippen LogP contribution is 2.42. The summed E-state index contributed by atoms with van der Waals surface area (Å²) in [6.07, 6.45) is 7.11. The van der Waals surface area contributed by atoms with Crippen molar-refractivity contribution in [3.05, 3.63) is 244 Å². The lowest BCUT2D eigenvalue weighted by Gasteiger charge is -2.26. The minimum Gasteiger partial charge on any atom is -0.508 e. The summed E-state index contributed by atoms with van der Waals surface area (Å²) >= 11 is 1.54. The van der Waals surface area contributed by atoms with Gasteiger partial charge in [0, 0.05) is 63.3 Å². The van der Waals surface area contributed by atoms with Gasteiger partial charge < -0.3 is 34.4 Å². The monoisotopic (exact) mass is 1100 g/mol. The Balaban J connectivity index is 0.000000152. The molecular formula is C71H72N2O7S. The molecule has 11 rings (SSSR count). The molecule has 0 aliphatic carbocycles. The number of likely N-dealkylation sites (N-methyl/N-ethyl adjacent to an activating group) is 1. The lowest BCUT2D eigenvalue weighted by atomic mass is 9.88. The third-order valence-corrected chi connectivity index (χ3v) is 15.7. The molecule has 414 valence electrons. The van der Waals surface area contributed by atoms with Crippen LogP contribution in [-0.2, 0) is 6.42 Å². The van der Waals surface area contributed by atoms with Crippen LogP contribution in [0.4, 0.5) is 0 Å². The fraction of sp³-hybridized carbons (Fsp3) is 0.225. The number of carbonyl (C=O) groups is 1. The van der Waals surface area contributed by atoms with E-state index in [1.807, 2.05) is 61.5 Å². The van der Waals surface area contributed by atoms with Gasteiger partial charge in [-0.15, -0.1) is 11.3 Å². The molecule has 2 aliphatic rings. The van der Waals surface area contributed by atoms with Crippen molar-refractivity contribution in [2.24, 2.45) is 0 Å². The summed E-state index contributed by atoms with van der Waals surface area (Å²) in [5, 5.41) is 30.1. The first-order valence-corrected chi connectivity index (χ1v) is 28.7. The quantitative estimate of drug-likeness (QED) is 0.0643. The van der Waals surface area contributed by atoms with Crippen LogP contribution in [0.15, 0.2) is 194 Å². The summed E-state index contributed by atoms with van der Waals surface area (Å²) < 4.78 is 18.2. The van der Waals surface area contributed by atoms with E-state index in [0.717, 1.165) is 75.8 Å². The van der Waals surface area contributed by atoms with Crippen LogP contribution < -0.4 is 14.2 Å². The standard InChI is InChI=1S/C29H29NO3S.C26H29NO.C16H14O3/c1-20-5-7-22(8-6-20)29-27(25-14-11-23(31)19-26(25)34-29)28(32)21-9-12-24(13-10-21)33-18-17-30-15-3-2-4-16-30;1-4-25(21-11-7-5-8-12-21)26(22-13-9-6-10-14-22)23-15-17-24(18-16-23)28-20-19-27(2)3;1-10-2-4-11(5-3-10)12-6-14-15(18)7-13(17)8-16(14)19-9-12/h5-14,19,31H,2-4,15-18H2,1H3;5-18H,4,19-20H2,1-3H3;2-5,7-9,17-18H,6H2,1H3/b;26-25-;. The number of phenols is 3. The van der Waals surface area contributed by atoms with Gasteiger partial charge in [0.2, 0.25) is 0 Å². The molecule has 0 radical (unpaired) electrons. The van der Waals surface area contributed by atoms with Crippen LogP contribution in [0.1, 0.15) is 87.5 Å². The van der Waals surface area contributed by atoms with Gasteiger partial charge >= 0.3 is 0 Å².